The molecule has 0 aliphatic carbocycles. The number of carbonyl (C=O) groups excluding carboxylic acids is 3. The minimum Gasteiger partial charge on any atom is -0.462 e. The highest BCUT2D eigenvalue weighted by Gasteiger charge is 2.19. The topological polar surface area (TPSA) is 78.9 Å². The lowest BCUT2D eigenvalue weighted by Gasteiger charge is -2.18. The number of allylic oxidation sites excluding steroid dienone is 16. The highest BCUT2D eigenvalue weighted by molar-refractivity contribution is 5.71. The van der Waals surface area contributed by atoms with Crippen LogP contribution in [0.1, 0.15) is 323 Å². The van der Waals surface area contributed by atoms with E-state index in [4.69, 9.17) is 14.2 Å². The van der Waals surface area contributed by atoms with E-state index in [1.165, 1.54) is 167 Å². The molecule has 1 atom stereocenters. The second-order valence-electron chi connectivity index (χ2n) is 22.0. The summed E-state index contributed by atoms with van der Waals surface area (Å²) in [5, 5.41) is 0. The van der Waals surface area contributed by atoms with Crippen molar-refractivity contribution in [3.63, 3.8) is 0 Å². The van der Waals surface area contributed by atoms with Gasteiger partial charge in [-0.05, 0) is 122 Å². The van der Waals surface area contributed by atoms with Crippen molar-refractivity contribution in [3.05, 3.63) is 97.2 Å². The van der Waals surface area contributed by atoms with Gasteiger partial charge >= 0.3 is 17.9 Å². The summed E-state index contributed by atoms with van der Waals surface area (Å²) in [7, 11) is 0. The maximum Gasteiger partial charge on any atom is 0.306 e. The summed E-state index contributed by atoms with van der Waals surface area (Å²) in [6.07, 6.45) is 88.6. The summed E-state index contributed by atoms with van der Waals surface area (Å²) < 4.78 is 16.9. The largest absolute Gasteiger partial charge is 0.462 e. The highest BCUT2D eigenvalue weighted by Crippen LogP contribution is 2.16. The van der Waals surface area contributed by atoms with Gasteiger partial charge in [-0.3, -0.25) is 14.4 Å². The number of ether oxygens (including phenoxy) is 3. The van der Waals surface area contributed by atoms with Crippen molar-refractivity contribution < 1.29 is 28.6 Å². The van der Waals surface area contributed by atoms with Gasteiger partial charge in [0.2, 0.25) is 0 Å². The molecule has 1 unspecified atom stereocenters. The zero-order chi connectivity index (χ0) is 56.4. The molecule has 0 N–H and O–H groups in total. The van der Waals surface area contributed by atoms with Crippen LogP contribution in [0.2, 0.25) is 0 Å². The summed E-state index contributed by atoms with van der Waals surface area (Å²) in [4.78, 5) is 38.3. The van der Waals surface area contributed by atoms with Gasteiger partial charge in [0.05, 0.1) is 0 Å². The van der Waals surface area contributed by atoms with Crippen molar-refractivity contribution in [3.8, 4) is 0 Å². The van der Waals surface area contributed by atoms with Crippen molar-refractivity contribution >= 4 is 17.9 Å². The first-order chi connectivity index (χ1) is 38.5. The van der Waals surface area contributed by atoms with Gasteiger partial charge in [-0.1, -0.05) is 279 Å². The standard InChI is InChI=1S/C72H124O6/c1-4-7-10-13-16-19-22-25-27-28-29-30-31-32-33-34-35-36-37-38-39-40-41-42-43-44-45-48-50-53-56-59-62-65-71(74)77-68-69(67-76-70(73)64-61-58-55-52-49-46-24-21-18-15-12-9-6-3)78-72(75)66-63-60-57-54-51-47-26-23-20-17-14-11-8-5-2/h7,10,16,19,21,23-27,29-30,32-33,35-36,69H,4-6,8-9,11-15,17-18,20,22,28,31,34,37-68H2,1-3H3/b10-7-,19-16-,24-21-,26-23-,27-25-,30-29-,33-32-,36-35-. The van der Waals surface area contributed by atoms with Gasteiger partial charge in [0.1, 0.15) is 13.2 Å². The minimum absolute atomic E-state index is 0.0810. The molecule has 0 amide bonds. The monoisotopic (exact) mass is 1080 g/mol. The van der Waals surface area contributed by atoms with E-state index in [9.17, 15) is 14.4 Å². The van der Waals surface area contributed by atoms with Crippen LogP contribution in [-0.2, 0) is 28.6 Å². The fourth-order valence-corrected chi connectivity index (χ4v) is 9.32. The van der Waals surface area contributed by atoms with Gasteiger partial charge < -0.3 is 14.2 Å². The lowest BCUT2D eigenvalue weighted by molar-refractivity contribution is -0.167. The third kappa shape index (κ3) is 63.2. The SMILES string of the molecule is CC/C=C\C/C=C\C/C=C\C/C=C\C/C=C\C/C=C\CCCCCCCCCCCCCCCCC(=O)OCC(COC(=O)CCCCCCC/C=C\CCCCCC)OC(=O)CCCCCCC/C=C\CCCCCCC. The van der Waals surface area contributed by atoms with E-state index in [-0.39, 0.29) is 31.1 Å². The summed E-state index contributed by atoms with van der Waals surface area (Å²) >= 11 is 0. The fourth-order valence-electron chi connectivity index (χ4n) is 9.32. The van der Waals surface area contributed by atoms with Crippen molar-refractivity contribution in [2.45, 2.75) is 329 Å². The Bertz CT molecular complexity index is 1530. The van der Waals surface area contributed by atoms with Crippen LogP contribution >= 0.6 is 0 Å². The van der Waals surface area contributed by atoms with Gasteiger partial charge in [0.15, 0.2) is 6.10 Å². The van der Waals surface area contributed by atoms with Crippen LogP contribution in [0.15, 0.2) is 97.2 Å². The molecule has 0 saturated carbocycles. The van der Waals surface area contributed by atoms with Gasteiger partial charge in [0.25, 0.3) is 0 Å². The molecular formula is C72H124O6. The highest BCUT2D eigenvalue weighted by atomic mass is 16.6. The Kier molecular flexibility index (Phi) is 62.7. The molecule has 448 valence electrons. The van der Waals surface area contributed by atoms with E-state index in [1.807, 2.05) is 0 Å². The fraction of sp³-hybridized carbons (Fsp3) is 0.736. The summed E-state index contributed by atoms with van der Waals surface area (Å²) in [5.74, 6) is -0.888. The average molecular weight is 1090 g/mol. The Labute approximate surface area is 483 Å². The van der Waals surface area contributed by atoms with Crippen molar-refractivity contribution in [1.82, 2.24) is 0 Å². The first-order valence-corrected chi connectivity index (χ1v) is 33.2. The van der Waals surface area contributed by atoms with Crippen molar-refractivity contribution in [2.75, 3.05) is 13.2 Å². The van der Waals surface area contributed by atoms with Crippen LogP contribution in [0.4, 0.5) is 0 Å². The molecule has 0 aliphatic rings. The zero-order valence-electron chi connectivity index (χ0n) is 51.4. The van der Waals surface area contributed by atoms with Crippen molar-refractivity contribution in [2.24, 2.45) is 0 Å². The number of carbonyl (C=O) groups is 3. The van der Waals surface area contributed by atoms with Crippen LogP contribution in [0.25, 0.3) is 0 Å². The van der Waals surface area contributed by atoms with Crippen LogP contribution < -0.4 is 0 Å². The third-order valence-corrected chi connectivity index (χ3v) is 14.3. The summed E-state index contributed by atoms with van der Waals surface area (Å²) in [6, 6.07) is 0. The maximum atomic E-state index is 12.9. The minimum atomic E-state index is -0.784. The molecule has 0 aliphatic heterocycles. The Balaban J connectivity index is 4.17. The summed E-state index contributed by atoms with van der Waals surface area (Å²) in [5.41, 5.74) is 0. The molecule has 78 heavy (non-hydrogen) atoms. The Hall–Kier alpha value is -3.67. The molecule has 0 spiro atoms. The molecule has 6 nitrogen and oxygen atoms in total. The second kappa shape index (κ2) is 65.8. The van der Waals surface area contributed by atoms with E-state index < -0.39 is 6.10 Å². The number of unbranched alkanes of at least 4 members (excludes halogenated alkanes) is 33. The number of hydrogen-bond donors (Lipinski definition) is 0. The van der Waals surface area contributed by atoms with Gasteiger partial charge in [0, 0.05) is 19.3 Å². The van der Waals surface area contributed by atoms with Crippen LogP contribution in [0.5, 0.6) is 0 Å². The molecular weight excluding hydrogens is 961 g/mol. The Morgan fingerprint density at radius 1 is 0.269 bits per heavy atom. The number of esters is 3. The maximum absolute atomic E-state index is 12.9. The molecule has 0 heterocycles. The van der Waals surface area contributed by atoms with E-state index in [2.05, 4.69) is 118 Å². The molecule has 0 aromatic heterocycles. The molecule has 6 heteroatoms. The predicted molar refractivity (Wildman–Crippen MR) is 339 cm³/mol. The predicted octanol–water partition coefficient (Wildman–Crippen LogP) is 22.8. The first-order valence-electron chi connectivity index (χ1n) is 33.2. The average Bonchev–Trinajstić information content (AvgIpc) is 3.44. The van der Waals surface area contributed by atoms with E-state index in [0.29, 0.717) is 19.3 Å². The molecule has 0 saturated heterocycles. The molecule has 0 fully saturated rings. The van der Waals surface area contributed by atoms with Crippen LogP contribution in [0, 0.1) is 0 Å². The van der Waals surface area contributed by atoms with E-state index in [0.717, 1.165) is 116 Å². The normalized spacial score (nSPS) is 12.7. The molecule has 0 aromatic rings. The number of rotatable bonds is 60. The van der Waals surface area contributed by atoms with Gasteiger partial charge in [-0.15, -0.1) is 0 Å². The van der Waals surface area contributed by atoms with Crippen LogP contribution in [0.3, 0.4) is 0 Å². The lowest BCUT2D eigenvalue weighted by atomic mass is 10.0. The molecule has 0 radical (unpaired) electrons. The smallest absolute Gasteiger partial charge is 0.306 e. The third-order valence-electron chi connectivity index (χ3n) is 14.3. The first kappa shape index (κ1) is 74.3. The van der Waals surface area contributed by atoms with E-state index in [1.54, 1.807) is 0 Å². The zero-order valence-corrected chi connectivity index (χ0v) is 51.4. The molecule has 0 bridgehead atoms. The molecule has 0 aromatic carbocycles. The van der Waals surface area contributed by atoms with Crippen molar-refractivity contribution in [1.29, 1.82) is 0 Å². The van der Waals surface area contributed by atoms with Gasteiger partial charge in [-0.25, -0.2) is 0 Å². The Morgan fingerprint density at radius 3 is 0.808 bits per heavy atom. The van der Waals surface area contributed by atoms with Gasteiger partial charge in [-0.2, -0.15) is 0 Å². The summed E-state index contributed by atoms with van der Waals surface area (Å²) in [6.45, 7) is 6.51. The lowest BCUT2D eigenvalue weighted by Crippen LogP contribution is -2.30. The Morgan fingerprint density at radius 2 is 0.500 bits per heavy atom. The quantitative estimate of drug-likeness (QED) is 0.0261. The molecule has 0 rings (SSSR count). The van der Waals surface area contributed by atoms with Crippen LogP contribution in [-0.4, -0.2) is 37.2 Å². The second-order valence-corrected chi connectivity index (χ2v) is 22.0. The van der Waals surface area contributed by atoms with E-state index >= 15 is 0 Å². The number of hydrogen-bond acceptors (Lipinski definition) is 6.